The van der Waals surface area contributed by atoms with Gasteiger partial charge in [0.05, 0.1) is 17.6 Å². The number of nitrogens with zero attached hydrogens (tertiary/aromatic N) is 4. The van der Waals surface area contributed by atoms with E-state index in [0.29, 0.717) is 6.42 Å². The van der Waals surface area contributed by atoms with Gasteiger partial charge in [-0.25, -0.2) is 0 Å². The molecule has 0 spiro atoms. The van der Waals surface area contributed by atoms with E-state index in [9.17, 15) is 0 Å². The fraction of sp³-hybridized carbons (Fsp3) is 0.562. The van der Waals surface area contributed by atoms with Crippen LogP contribution in [0.5, 0.6) is 0 Å². The molecule has 4 heteroatoms. The van der Waals surface area contributed by atoms with Crippen molar-refractivity contribution in [3.63, 3.8) is 0 Å². The van der Waals surface area contributed by atoms with E-state index in [1.54, 1.807) is 6.20 Å². The second-order valence-electron chi connectivity index (χ2n) is 5.64. The second kappa shape index (κ2) is 8.30. The lowest BCUT2D eigenvalue weighted by atomic mass is 9.90. The third-order valence-electron chi connectivity index (χ3n) is 3.25. The average molecular weight is 270 g/mol. The Balaban J connectivity index is 2.48. The molecule has 0 radical (unpaired) electrons. The van der Waals surface area contributed by atoms with Gasteiger partial charge in [0.25, 0.3) is 0 Å². The monoisotopic (exact) mass is 270 g/mol. The molecule has 0 aliphatic heterocycles. The zero-order valence-electron chi connectivity index (χ0n) is 12.3. The maximum Gasteiger partial charge on any atom is 0.0683 e. The Kier molecular flexibility index (Phi) is 6.70. The summed E-state index contributed by atoms with van der Waals surface area (Å²) in [5.41, 5.74) is 0.889. The lowest BCUT2D eigenvalue weighted by Gasteiger charge is -2.23. The lowest BCUT2D eigenvalue weighted by Crippen LogP contribution is -2.26. The van der Waals surface area contributed by atoms with E-state index in [4.69, 9.17) is 10.5 Å². The van der Waals surface area contributed by atoms with Crippen LogP contribution in [0, 0.1) is 28.1 Å². The first-order valence-corrected chi connectivity index (χ1v) is 6.97. The summed E-state index contributed by atoms with van der Waals surface area (Å²) >= 11 is 0. The summed E-state index contributed by atoms with van der Waals surface area (Å²) in [5, 5.41) is 17.8. The Morgan fingerprint density at radius 2 is 2.10 bits per heavy atom. The summed E-state index contributed by atoms with van der Waals surface area (Å²) in [6.07, 6.45) is 5.99. The Morgan fingerprint density at radius 1 is 1.30 bits per heavy atom. The fourth-order valence-corrected chi connectivity index (χ4v) is 2.03. The zero-order valence-corrected chi connectivity index (χ0v) is 12.3. The molecule has 0 aliphatic rings. The van der Waals surface area contributed by atoms with Crippen molar-refractivity contribution in [3.8, 4) is 12.1 Å². The molecular weight excluding hydrogens is 248 g/mol. The molecule has 0 atom stereocenters. The lowest BCUT2D eigenvalue weighted by molar-refractivity contribution is 0.253. The minimum atomic E-state index is -0.269. The summed E-state index contributed by atoms with van der Waals surface area (Å²) in [6, 6.07) is 8.49. The van der Waals surface area contributed by atoms with E-state index in [1.165, 1.54) is 0 Å². The average Bonchev–Trinajstić information content (AvgIpc) is 2.45. The molecular formula is C16H22N4. The van der Waals surface area contributed by atoms with E-state index in [1.807, 2.05) is 32.2 Å². The molecule has 0 aromatic carbocycles. The summed E-state index contributed by atoms with van der Waals surface area (Å²) in [4.78, 5) is 6.37. The molecule has 0 bridgehead atoms. The zero-order chi connectivity index (χ0) is 14.8. The molecule has 0 saturated carbocycles. The highest BCUT2D eigenvalue weighted by atomic mass is 15.1. The summed E-state index contributed by atoms with van der Waals surface area (Å²) in [5.74, 6) is 0. The van der Waals surface area contributed by atoms with E-state index in [0.717, 1.165) is 38.0 Å². The quantitative estimate of drug-likeness (QED) is 0.728. The van der Waals surface area contributed by atoms with Crippen LogP contribution in [0.1, 0.15) is 38.7 Å². The van der Waals surface area contributed by atoms with Gasteiger partial charge in [-0.2, -0.15) is 10.5 Å². The smallest absolute Gasteiger partial charge is 0.0683 e. The van der Waals surface area contributed by atoms with Crippen molar-refractivity contribution in [2.75, 3.05) is 13.1 Å². The van der Waals surface area contributed by atoms with Crippen molar-refractivity contribution in [2.45, 2.75) is 39.7 Å². The first kappa shape index (κ1) is 16.1. The van der Waals surface area contributed by atoms with Crippen LogP contribution in [-0.4, -0.2) is 23.0 Å². The minimum absolute atomic E-state index is 0.269. The Hall–Kier alpha value is -1.91. The standard InChI is InChI=1S/C16H22N4/c1-16(2,14-18)7-4-10-20(11-5-8-17)13-15-6-3-9-19-12-15/h3,6,9,12H,4-5,7,10-11,13H2,1-2H3. The third-order valence-corrected chi connectivity index (χ3v) is 3.25. The fourth-order valence-electron chi connectivity index (χ4n) is 2.03. The molecule has 0 amide bonds. The van der Waals surface area contributed by atoms with Crippen LogP contribution in [0.25, 0.3) is 0 Å². The molecule has 106 valence electrons. The Labute approximate surface area is 121 Å². The van der Waals surface area contributed by atoms with Crippen molar-refractivity contribution in [2.24, 2.45) is 5.41 Å². The number of aromatic nitrogens is 1. The maximum atomic E-state index is 9.02. The third kappa shape index (κ3) is 6.31. The van der Waals surface area contributed by atoms with Crippen LogP contribution in [0.3, 0.4) is 0 Å². The highest BCUT2D eigenvalue weighted by molar-refractivity contribution is 5.08. The van der Waals surface area contributed by atoms with Crippen molar-refractivity contribution in [3.05, 3.63) is 30.1 Å². The van der Waals surface area contributed by atoms with Crippen LogP contribution in [0.15, 0.2) is 24.5 Å². The highest BCUT2D eigenvalue weighted by Gasteiger charge is 2.16. The van der Waals surface area contributed by atoms with Gasteiger partial charge in [0, 0.05) is 31.9 Å². The molecule has 0 saturated heterocycles. The topological polar surface area (TPSA) is 63.7 Å². The number of hydrogen-bond donors (Lipinski definition) is 0. The van der Waals surface area contributed by atoms with Gasteiger partial charge in [-0.05, 0) is 44.9 Å². The molecule has 0 fully saturated rings. The van der Waals surface area contributed by atoms with Crippen LogP contribution in [0.2, 0.25) is 0 Å². The number of nitriles is 2. The Morgan fingerprint density at radius 3 is 2.70 bits per heavy atom. The van der Waals surface area contributed by atoms with Crippen LogP contribution in [0.4, 0.5) is 0 Å². The van der Waals surface area contributed by atoms with Crippen molar-refractivity contribution in [1.82, 2.24) is 9.88 Å². The summed E-state index contributed by atoms with van der Waals surface area (Å²) in [7, 11) is 0. The van der Waals surface area contributed by atoms with Gasteiger partial charge in [0.1, 0.15) is 0 Å². The molecule has 1 aromatic rings. The van der Waals surface area contributed by atoms with Crippen molar-refractivity contribution in [1.29, 1.82) is 10.5 Å². The minimum Gasteiger partial charge on any atom is -0.298 e. The van der Waals surface area contributed by atoms with E-state index < -0.39 is 0 Å². The number of hydrogen-bond acceptors (Lipinski definition) is 4. The molecule has 0 aliphatic carbocycles. The first-order chi connectivity index (χ1) is 9.57. The van der Waals surface area contributed by atoms with Crippen LogP contribution < -0.4 is 0 Å². The van der Waals surface area contributed by atoms with E-state index in [2.05, 4.69) is 22.0 Å². The molecule has 1 heterocycles. The van der Waals surface area contributed by atoms with Gasteiger partial charge in [-0.3, -0.25) is 9.88 Å². The van der Waals surface area contributed by atoms with E-state index >= 15 is 0 Å². The SMILES string of the molecule is CC(C)(C#N)CCCN(CCC#N)Cc1cccnc1. The van der Waals surface area contributed by atoms with Crippen LogP contribution >= 0.6 is 0 Å². The predicted molar refractivity (Wildman–Crippen MR) is 78.4 cm³/mol. The molecule has 1 aromatic heterocycles. The van der Waals surface area contributed by atoms with Gasteiger partial charge in [-0.15, -0.1) is 0 Å². The predicted octanol–water partition coefficient (Wildman–Crippen LogP) is 3.13. The summed E-state index contributed by atoms with van der Waals surface area (Å²) < 4.78 is 0. The largest absolute Gasteiger partial charge is 0.298 e. The molecule has 0 unspecified atom stereocenters. The second-order valence-corrected chi connectivity index (χ2v) is 5.64. The van der Waals surface area contributed by atoms with Crippen molar-refractivity contribution < 1.29 is 0 Å². The normalized spacial score (nSPS) is 11.1. The molecule has 4 nitrogen and oxygen atoms in total. The van der Waals surface area contributed by atoms with Gasteiger partial charge >= 0.3 is 0 Å². The van der Waals surface area contributed by atoms with Crippen LogP contribution in [-0.2, 0) is 6.54 Å². The van der Waals surface area contributed by atoms with Gasteiger partial charge in [0.2, 0.25) is 0 Å². The van der Waals surface area contributed by atoms with E-state index in [-0.39, 0.29) is 5.41 Å². The number of rotatable bonds is 8. The summed E-state index contributed by atoms with van der Waals surface area (Å²) in [6.45, 7) is 6.41. The van der Waals surface area contributed by atoms with Gasteiger partial charge in [0.15, 0.2) is 0 Å². The van der Waals surface area contributed by atoms with Gasteiger partial charge in [-0.1, -0.05) is 6.07 Å². The molecule has 20 heavy (non-hydrogen) atoms. The molecule has 0 N–H and O–H groups in total. The maximum absolute atomic E-state index is 9.02. The highest BCUT2D eigenvalue weighted by Crippen LogP contribution is 2.21. The van der Waals surface area contributed by atoms with Crippen molar-refractivity contribution >= 4 is 0 Å². The Bertz CT molecular complexity index is 467. The van der Waals surface area contributed by atoms with Gasteiger partial charge < -0.3 is 0 Å². The molecule has 1 rings (SSSR count). The number of pyridine rings is 1. The first-order valence-electron chi connectivity index (χ1n) is 6.97.